The molecule has 0 saturated carbocycles. The van der Waals surface area contributed by atoms with Crippen molar-refractivity contribution in [1.29, 1.82) is 0 Å². The van der Waals surface area contributed by atoms with E-state index in [9.17, 15) is 4.79 Å². The van der Waals surface area contributed by atoms with Gasteiger partial charge in [-0.2, -0.15) is 0 Å². The normalized spacial score (nSPS) is 12.0. The molecule has 1 amide bonds. The molecule has 0 radical (unpaired) electrons. The van der Waals surface area contributed by atoms with Crippen LogP contribution in [0.4, 0.5) is 0 Å². The quantitative estimate of drug-likeness (QED) is 0.782. The average molecular weight is 330 g/mol. The Hall–Kier alpha value is -1.07. The number of methoxy groups -OCH3 is 1. The van der Waals surface area contributed by atoms with Gasteiger partial charge in [-0.1, -0.05) is 6.92 Å². The highest BCUT2D eigenvalue weighted by Gasteiger charge is 2.11. The highest BCUT2D eigenvalue weighted by atomic mass is 79.9. The third-order valence-electron chi connectivity index (χ3n) is 2.73. The summed E-state index contributed by atoms with van der Waals surface area (Å²) in [5, 5.41) is 2.92. The number of hydrogen-bond donors (Lipinski definition) is 1. The van der Waals surface area contributed by atoms with Crippen LogP contribution in [0.1, 0.15) is 30.6 Å². The van der Waals surface area contributed by atoms with Crippen LogP contribution in [0.25, 0.3) is 0 Å². The van der Waals surface area contributed by atoms with E-state index in [0.29, 0.717) is 24.5 Å². The van der Waals surface area contributed by atoms with Crippen LogP contribution in [0.3, 0.4) is 0 Å². The van der Waals surface area contributed by atoms with Gasteiger partial charge in [-0.3, -0.25) is 4.79 Å². The molecule has 1 rings (SSSR count). The van der Waals surface area contributed by atoms with Crippen molar-refractivity contribution < 1.29 is 14.3 Å². The van der Waals surface area contributed by atoms with Gasteiger partial charge in [0.05, 0.1) is 11.1 Å². The van der Waals surface area contributed by atoms with Gasteiger partial charge in [0.25, 0.3) is 5.91 Å². The third kappa shape index (κ3) is 5.20. The Morgan fingerprint density at radius 1 is 1.42 bits per heavy atom. The van der Waals surface area contributed by atoms with Gasteiger partial charge in [0.15, 0.2) is 0 Å². The molecule has 1 atom stereocenters. The first-order valence-corrected chi connectivity index (χ1v) is 7.10. The minimum atomic E-state index is -0.0708. The summed E-state index contributed by atoms with van der Waals surface area (Å²) in [6.45, 7) is 5.03. The summed E-state index contributed by atoms with van der Waals surface area (Å²) in [5.41, 5.74) is 0.617. The van der Waals surface area contributed by atoms with Gasteiger partial charge in [-0.25, -0.2) is 0 Å². The van der Waals surface area contributed by atoms with Gasteiger partial charge in [-0.05, 0) is 47.5 Å². The number of hydrogen-bond acceptors (Lipinski definition) is 3. The fourth-order valence-electron chi connectivity index (χ4n) is 1.40. The van der Waals surface area contributed by atoms with E-state index in [-0.39, 0.29) is 11.9 Å². The summed E-state index contributed by atoms with van der Waals surface area (Å²) in [6, 6.07) is 5.47. The predicted molar refractivity (Wildman–Crippen MR) is 78.7 cm³/mol. The monoisotopic (exact) mass is 329 g/mol. The lowest BCUT2D eigenvalue weighted by Gasteiger charge is -2.13. The molecule has 0 aromatic heterocycles. The molecule has 1 aromatic rings. The molecule has 0 aliphatic carbocycles. The molecule has 1 unspecified atom stereocenters. The van der Waals surface area contributed by atoms with E-state index in [1.54, 1.807) is 25.3 Å². The average Bonchev–Trinajstić information content (AvgIpc) is 2.40. The van der Waals surface area contributed by atoms with Crippen LogP contribution in [0.15, 0.2) is 22.7 Å². The first-order chi connectivity index (χ1) is 9.08. The van der Waals surface area contributed by atoms with Gasteiger partial charge in [0.2, 0.25) is 0 Å². The maximum atomic E-state index is 11.9. The Morgan fingerprint density at radius 2 is 2.16 bits per heavy atom. The maximum Gasteiger partial charge on any atom is 0.251 e. The molecule has 0 saturated heterocycles. The molecule has 1 N–H and O–H groups in total. The molecule has 5 heteroatoms. The summed E-state index contributed by atoms with van der Waals surface area (Å²) in [6.07, 6.45) is 0.908. The zero-order chi connectivity index (χ0) is 14.3. The third-order valence-corrected chi connectivity index (χ3v) is 3.35. The van der Waals surface area contributed by atoms with Crippen molar-refractivity contribution in [3.63, 3.8) is 0 Å². The van der Waals surface area contributed by atoms with Crippen molar-refractivity contribution in [2.45, 2.75) is 26.3 Å². The standard InChI is InChI=1S/C14H20BrNO3/c1-4-10(2)16-14(17)11-5-6-13(12(15)9-11)19-8-7-18-3/h5-6,9-10H,4,7-8H2,1-3H3,(H,16,17). The van der Waals surface area contributed by atoms with E-state index in [2.05, 4.69) is 21.2 Å². The first-order valence-electron chi connectivity index (χ1n) is 6.30. The van der Waals surface area contributed by atoms with Gasteiger partial charge < -0.3 is 14.8 Å². The van der Waals surface area contributed by atoms with Crippen molar-refractivity contribution in [2.24, 2.45) is 0 Å². The Kier molecular flexibility index (Phi) is 6.87. The zero-order valence-electron chi connectivity index (χ0n) is 11.5. The number of benzene rings is 1. The SMILES string of the molecule is CCC(C)NC(=O)c1ccc(OCCOC)c(Br)c1. The fraction of sp³-hybridized carbons (Fsp3) is 0.500. The number of carbonyl (C=O) groups excluding carboxylic acids is 1. The molecule has 19 heavy (non-hydrogen) atoms. The molecule has 0 fully saturated rings. The fourth-order valence-corrected chi connectivity index (χ4v) is 1.90. The number of ether oxygens (including phenoxy) is 2. The summed E-state index contributed by atoms with van der Waals surface area (Å²) in [5.74, 6) is 0.635. The van der Waals surface area contributed by atoms with Crippen molar-refractivity contribution in [3.8, 4) is 5.75 Å². The Labute approximate surface area is 122 Å². The van der Waals surface area contributed by atoms with Crippen molar-refractivity contribution in [2.75, 3.05) is 20.3 Å². The number of carbonyl (C=O) groups is 1. The van der Waals surface area contributed by atoms with Crippen molar-refractivity contribution in [1.82, 2.24) is 5.32 Å². The van der Waals surface area contributed by atoms with Gasteiger partial charge >= 0.3 is 0 Å². The minimum Gasteiger partial charge on any atom is -0.490 e. The van der Waals surface area contributed by atoms with E-state index in [1.807, 2.05) is 13.8 Å². The van der Waals surface area contributed by atoms with Crippen molar-refractivity contribution in [3.05, 3.63) is 28.2 Å². The van der Waals surface area contributed by atoms with E-state index in [0.717, 1.165) is 10.9 Å². The molecule has 0 aliphatic heterocycles. The van der Waals surface area contributed by atoms with Crippen LogP contribution < -0.4 is 10.1 Å². The molecule has 1 aromatic carbocycles. The number of halogens is 1. The number of nitrogens with one attached hydrogen (secondary N) is 1. The summed E-state index contributed by atoms with van der Waals surface area (Å²) < 4.78 is 11.2. The van der Waals surface area contributed by atoms with Gasteiger partial charge in [0, 0.05) is 18.7 Å². The molecule has 4 nitrogen and oxygen atoms in total. The lowest BCUT2D eigenvalue weighted by molar-refractivity contribution is 0.0939. The Morgan fingerprint density at radius 3 is 2.74 bits per heavy atom. The van der Waals surface area contributed by atoms with Gasteiger partial charge in [0.1, 0.15) is 12.4 Å². The molecule has 0 heterocycles. The molecular formula is C14H20BrNO3. The lowest BCUT2D eigenvalue weighted by Crippen LogP contribution is -2.31. The summed E-state index contributed by atoms with van der Waals surface area (Å²) >= 11 is 3.41. The number of amides is 1. The second kappa shape index (κ2) is 8.17. The van der Waals surface area contributed by atoms with Crippen LogP contribution in [0.5, 0.6) is 5.75 Å². The Bertz CT molecular complexity index is 423. The topological polar surface area (TPSA) is 47.6 Å². The van der Waals surface area contributed by atoms with Crippen molar-refractivity contribution >= 4 is 21.8 Å². The highest BCUT2D eigenvalue weighted by Crippen LogP contribution is 2.26. The Balaban J connectivity index is 2.67. The zero-order valence-corrected chi connectivity index (χ0v) is 13.1. The predicted octanol–water partition coefficient (Wildman–Crippen LogP) is 3.00. The largest absolute Gasteiger partial charge is 0.490 e. The van der Waals surface area contributed by atoms with E-state index >= 15 is 0 Å². The summed E-state index contributed by atoms with van der Waals surface area (Å²) in [7, 11) is 1.63. The van der Waals surface area contributed by atoms with Crippen LogP contribution >= 0.6 is 15.9 Å². The van der Waals surface area contributed by atoms with E-state index in [1.165, 1.54) is 0 Å². The molecule has 106 valence electrons. The highest BCUT2D eigenvalue weighted by molar-refractivity contribution is 9.10. The maximum absolute atomic E-state index is 11.9. The van der Waals surface area contributed by atoms with Crippen LogP contribution in [0, 0.1) is 0 Å². The molecule has 0 spiro atoms. The smallest absolute Gasteiger partial charge is 0.251 e. The molecule has 0 bridgehead atoms. The molecular weight excluding hydrogens is 310 g/mol. The van der Waals surface area contributed by atoms with Crippen LogP contribution in [-0.4, -0.2) is 32.3 Å². The lowest BCUT2D eigenvalue weighted by atomic mass is 10.2. The van der Waals surface area contributed by atoms with Crippen LogP contribution in [-0.2, 0) is 4.74 Å². The van der Waals surface area contributed by atoms with Crippen LogP contribution in [0.2, 0.25) is 0 Å². The minimum absolute atomic E-state index is 0.0708. The number of rotatable bonds is 7. The second-order valence-corrected chi connectivity index (χ2v) is 5.12. The second-order valence-electron chi connectivity index (χ2n) is 4.27. The summed E-state index contributed by atoms with van der Waals surface area (Å²) in [4.78, 5) is 11.9. The van der Waals surface area contributed by atoms with Gasteiger partial charge in [-0.15, -0.1) is 0 Å². The molecule has 0 aliphatic rings. The first kappa shape index (κ1) is 16.0. The van der Waals surface area contributed by atoms with E-state index < -0.39 is 0 Å². The van der Waals surface area contributed by atoms with E-state index in [4.69, 9.17) is 9.47 Å².